The van der Waals surface area contributed by atoms with Crippen molar-refractivity contribution in [1.82, 2.24) is 5.43 Å². The fourth-order valence-electron chi connectivity index (χ4n) is 1.49. The largest absolute Gasteiger partial charge is 0.463 e. The Bertz CT molecular complexity index is 557. The summed E-state index contributed by atoms with van der Waals surface area (Å²) in [6.07, 6.45) is 3.00. The minimum atomic E-state index is -0.256. The van der Waals surface area contributed by atoms with Crippen molar-refractivity contribution in [3.63, 3.8) is 0 Å². The van der Waals surface area contributed by atoms with Gasteiger partial charge in [0.05, 0.1) is 12.5 Å². The maximum atomic E-state index is 11.8. The number of hydrazone groups is 1. The van der Waals surface area contributed by atoms with Crippen LogP contribution < -0.4 is 10.3 Å². The molecule has 0 unspecified atom stereocenters. The van der Waals surface area contributed by atoms with Crippen molar-refractivity contribution in [2.75, 3.05) is 19.0 Å². The highest BCUT2D eigenvalue weighted by atomic mass is 16.3. The van der Waals surface area contributed by atoms with Crippen molar-refractivity contribution < 1.29 is 9.21 Å². The van der Waals surface area contributed by atoms with Crippen LogP contribution in [0.25, 0.3) is 0 Å². The third-order valence-corrected chi connectivity index (χ3v) is 2.55. The molecule has 0 saturated heterocycles. The number of anilines is 1. The lowest BCUT2D eigenvalue weighted by molar-refractivity contribution is 0.0955. The second kappa shape index (κ2) is 5.86. The van der Waals surface area contributed by atoms with Gasteiger partial charge >= 0.3 is 0 Å². The topological polar surface area (TPSA) is 57.8 Å². The fourth-order valence-corrected chi connectivity index (χ4v) is 1.49. The van der Waals surface area contributed by atoms with Crippen LogP contribution in [0.5, 0.6) is 0 Å². The van der Waals surface area contributed by atoms with E-state index in [9.17, 15) is 4.79 Å². The molecule has 1 heterocycles. The average molecular weight is 257 g/mol. The van der Waals surface area contributed by atoms with Crippen molar-refractivity contribution in [1.29, 1.82) is 0 Å². The molecule has 2 rings (SSSR count). The standard InChI is InChI=1S/C14H15N3O2/c1-17(2)12-7-5-11(6-8-12)14(18)16-15-10-13-4-3-9-19-13/h3-10H,1-2H3,(H,16,18)/b15-10+. The number of carbonyl (C=O) groups excluding carboxylic acids is 1. The number of amides is 1. The number of hydrogen-bond acceptors (Lipinski definition) is 4. The quantitative estimate of drug-likeness (QED) is 0.674. The number of furan rings is 1. The molecule has 0 spiro atoms. The number of hydrogen-bond donors (Lipinski definition) is 1. The first-order chi connectivity index (χ1) is 9.16. The summed E-state index contributed by atoms with van der Waals surface area (Å²) >= 11 is 0. The van der Waals surface area contributed by atoms with Crippen LogP contribution in [0.1, 0.15) is 16.1 Å². The fraction of sp³-hybridized carbons (Fsp3) is 0.143. The van der Waals surface area contributed by atoms with Gasteiger partial charge < -0.3 is 9.32 Å². The Labute approximate surface area is 111 Å². The van der Waals surface area contributed by atoms with E-state index < -0.39 is 0 Å². The van der Waals surface area contributed by atoms with E-state index in [0.29, 0.717) is 11.3 Å². The van der Waals surface area contributed by atoms with Crippen LogP contribution >= 0.6 is 0 Å². The van der Waals surface area contributed by atoms with Gasteiger partial charge in [0.1, 0.15) is 5.76 Å². The van der Waals surface area contributed by atoms with E-state index in [4.69, 9.17) is 4.42 Å². The van der Waals surface area contributed by atoms with Gasteiger partial charge in [-0.1, -0.05) is 0 Å². The van der Waals surface area contributed by atoms with Gasteiger partial charge in [-0.3, -0.25) is 4.79 Å². The third-order valence-electron chi connectivity index (χ3n) is 2.55. The highest BCUT2D eigenvalue weighted by Gasteiger charge is 2.04. The highest BCUT2D eigenvalue weighted by molar-refractivity contribution is 5.95. The SMILES string of the molecule is CN(C)c1ccc(C(=O)N/N=C/c2ccco2)cc1. The van der Waals surface area contributed by atoms with Gasteiger partial charge in [0.15, 0.2) is 0 Å². The summed E-state index contributed by atoms with van der Waals surface area (Å²) in [4.78, 5) is 13.8. The Morgan fingerprint density at radius 1 is 1.26 bits per heavy atom. The summed E-state index contributed by atoms with van der Waals surface area (Å²) < 4.78 is 5.06. The van der Waals surface area contributed by atoms with Gasteiger partial charge in [-0.15, -0.1) is 0 Å². The average Bonchev–Trinajstić information content (AvgIpc) is 2.92. The molecular weight excluding hydrogens is 242 g/mol. The molecule has 5 nitrogen and oxygen atoms in total. The molecule has 98 valence electrons. The molecule has 0 aliphatic heterocycles. The normalized spacial score (nSPS) is 10.6. The molecule has 0 aliphatic rings. The first kappa shape index (κ1) is 12.9. The van der Waals surface area contributed by atoms with E-state index in [0.717, 1.165) is 5.69 Å². The van der Waals surface area contributed by atoms with Crippen molar-refractivity contribution in [2.24, 2.45) is 5.10 Å². The van der Waals surface area contributed by atoms with Crippen molar-refractivity contribution in [3.8, 4) is 0 Å². The summed E-state index contributed by atoms with van der Waals surface area (Å²) in [5, 5.41) is 3.82. The van der Waals surface area contributed by atoms with Gasteiger partial charge in [0, 0.05) is 25.3 Å². The Kier molecular flexibility index (Phi) is 3.97. The maximum absolute atomic E-state index is 11.8. The molecule has 0 radical (unpaired) electrons. The molecule has 0 aliphatic carbocycles. The Morgan fingerprint density at radius 2 is 2.00 bits per heavy atom. The molecular formula is C14H15N3O2. The van der Waals surface area contributed by atoms with Crippen LogP contribution in [0.15, 0.2) is 52.2 Å². The molecule has 19 heavy (non-hydrogen) atoms. The third kappa shape index (κ3) is 3.45. The Morgan fingerprint density at radius 3 is 2.58 bits per heavy atom. The van der Waals surface area contributed by atoms with E-state index >= 15 is 0 Å². The van der Waals surface area contributed by atoms with Gasteiger partial charge in [0.25, 0.3) is 5.91 Å². The van der Waals surface area contributed by atoms with E-state index in [2.05, 4.69) is 10.5 Å². The van der Waals surface area contributed by atoms with Crippen LogP contribution in [0.3, 0.4) is 0 Å². The molecule has 0 atom stereocenters. The lowest BCUT2D eigenvalue weighted by Gasteiger charge is -2.12. The first-order valence-corrected chi connectivity index (χ1v) is 5.81. The zero-order valence-corrected chi connectivity index (χ0v) is 10.8. The van der Waals surface area contributed by atoms with Crippen LogP contribution in [0.4, 0.5) is 5.69 Å². The van der Waals surface area contributed by atoms with Gasteiger partial charge in [0.2, 0.25) is 0 Å². The molecule has 1 N–H and O–H groups in total. The van der Waals surface area contributed by atoms with E-state index in [-0.39, 0.29) is 5.91 Å². The molecule has 5 heteroatoms. The molecule has 1 amide bonds. The molecule has 0 fully saturated rings. The molecule has 0 saturated carbocycles. The molecule has 1 aromatic carbocycles. The number of nitrogens with zero attached hydrogens (tertiary/aromatic N) is 2. The number of nitrogens with one attached hydrogen (secondary N) is 1. The summed E-state index contributed by atoms with van der Waals surface area (Å²) in [5.74, 6) is 0.330. The predicted octanol–water partition coefficient (Wildman–Crippen LogP) is 2.11. The minimum absolute atomic E-state index is 0.256. The molecule has 0 bridgehead atoms. The highest BCUT2D eigenvalue weighted by Crippen LogP contribution is 2.11. The van der Waals surface area contributed by atoms with Crippen LogP contribution in [0.2, 0.25) is 0 Å². The summed E-state index contributed by atoms with van der Waals surface area (Å²) in [7, 11) is 3.89. The van der Waals surface area contributed by atoms with Gasteiger partial charge in [-0.25, -0.2) is 5.43 Å². The smallest absolute Gasteiger partial charge is 0.271 e. The van der Waals surface area contributed by atoms with Crippen LogP contribution in [-0.4, -0.2) is 26.2 Å². The van der Waals surface area contributed by atoms with Crippen molar-refractivity contribution >= 4 is 17.8 Å². The second-order valence-corrected chi connectivity index (χ2v) is 4.16. The number of rotatable bonds is 4. The molecule has 1 aromatic heterocycles. The minimum Gasteiger partial charge on any atom is -0.463 e. The zero-order chi connectivity index (χ0) is 13.7. The van der Waals surface area contributed by atoms with Gasteiger partial charge in [-0.2, -0.15) is 5.10 Å². The number of carbonyl (C=O) groups is 1. The monoisotopic (exact) mass is 257 g/mol. The second-order valence-electron chi connectivity index (χ2n) is 4.16. The van der Waals surface area contributed by atoms with Crippen molar-refractivity contribution in [3.05, 3.63) is 54.0 Å². The lowest BCUT2D eigenvalue weighted by Crippen LogP contribution is -2.17. The zero-order valence-electron chi connectivity index (χ0n) is 10.8. The predicted molar refractivity (Wildman–Crippen MR) is 74.5 cm³/mol. The lowest BCUT2D eigenvalue weighted by atomic mass is 10.2. The van der Waals surface area contributed by atoms with E-state index in [1.54, 1.807) is 30.5 Å². The summed E-state index contributed by atoms with van der Waals surface area (Å²) in [5.41, 5.74) is 4.04. The Balaban J connectivity index is 1.96. The van der Waals surface area contributed by atoms with E-state index in [1.165, 1.54) is 6.21 Å². The molecule has 2 aromatic rings. The Hall–Kier alpha value is -2.56. The van der Waals surface area contributed by atoms with Crippen molar-refractivity contribution in [2.45, 2.75) is 0 Å². The van der Waals surface area contributed by atoms with Gasteiger partial charge in [-0.05, 0) is 36.4 Å². The van der Waals surface area contributed by atoms with Crippen LogP contribution in [0, 0.1) is 0 Å². The van der Waals surface area contributed by atoms with Crippen LogP contribution in [-0.2, 0) is 0 Å². The summed E-state index contributed by atoms with van der Waals surface area (Å²) in [6.45, 7) is 0. The summed E-state index contributed by atoms with van der Waals surface area (Å²) in [6, 6.07) is 10.8. The van der Waals surface area contributed by atoms with E-state index in [1.807, 2.05) is 31.1 Å². The maximum Gasteiger partial charge on any atom is 0.271 e. The first-order valence-electron chi connectivity index (χ1n) is 5.81. The number of benzene rings is 1.